The molecule has 0 aliphatic carbocycles. The maximum Gasteiger partial charge on any atom is 0.306 e. The number of nitrogens with one attached hydrogen (secondary N) is 1. The van der Waals surface area contributed by atoms with E-state index in [0.29, 0.717) is 37.4 Å². The Morgan fingerprint density at radius 3 is 2.30 bits per heavy atom. The molecule has 0 aliphatic heterocycles. The number of rotatable bonds is 12. The minimum Gasteiger partial charge on any atom is -0.466 e. The molecule has 1 heterocycles. The van der Waals surface area contributed by atoms with Crippen LogP contribution in [0.1, 0.15) is 67.8 Å². The molecule has 1 N–H and O–H groups in total. The summed E-state index contributed by atoms with van der Waals surface area (Å²) in [6.45, 7) is 10.1. The van der Waals surface area contributed by atoms with E-state index in [0.717, 1.165) is 24.1 Å². The summed E-state index contributed by atoms with van der Waals surface area (Å²) < 4.78 is 21.6. The van der Waals surface area contributed by atoms with Gasteiger partial charge in [0, 0.05) is 29.8 Å². The van der Waals surface area contributed by atoms with Crippen LogP contribution in [0.3, 0.4) is 0 Å². The Morgan fingerprint density at radius 2 is 1.62 bits per heavy atom. The molecule has 0 radical (unpaired) electrons. The number of nitrogens with zero attached hydrogens (tertiary/aromatic N) is 2. The zero-order valence-electron chi connectivity index (χ0n) is 24.0. The minimum absolute atomic E-state index is 0.00844. The van der Waals surface area contributed by atoms with Crippen LogP contribution in [0.4, 0.5) is 10.1 Å². The first-order valence-electron chi connectivity index (χ1n) is 14.1. The predicted octanol–water partition coefficient (Wildman–Crippen LogP) is 7.26. The lowest BCUT2D eigenvalue weighted by Gasteiger charge is -2.20. The van der Waals surface area contributed by atoms with Gasteiger partial charge >= 0.3 is 5.97 Å². The monoisotopic (exact) mass is 541 g/mol. The van der Waals surface area contributed by atoms with E-state index < -0.39 is 0 Å². The van der Waals surface area contributed by atoms with Crippen molar-refractivity contribution < 1.29 is 13.9 Å². The third kappa shape index (κ3) is 8.28. The summed E-state index contributed by atoms with van der Waals surface area (Å²) in [5.41, 5.74) is 7.18. The number of hydrogen-bond acceptors (Lipinski definition) is 4. The number of ether oxygens (including phenoxy) is 1. The van der Waals surface area contributed by atoms with Crippen molar-refractivity contribution in [3.05, 3.63) is 118 Å². The quantitative estimate of drug-likeness (QED) is 0.192. The van der Waals surface area contributed by atoms with Crippen molar-refractivity contribution in [1.29, 1.82) is 0 Å². The molecular weight excluding hydrogens is 501 g/mol. The van der Waals surface area contributed by atoms with Gasteiger partial charge in [0.1, 0.15) is 5.82 Å². The normalized spacial score (nSPS) is 11.4. The van der Waals surface area contributed by atoms with Crippen molar-refractivity contribution in [3.8, 4) is 0 Å². The fourth-order valence-electron chi connectivity index (χ4n) is 4.70. The third-order valence-electron chi connectivity index (χ3n) is 6.92. The average molecular weight is 542 g/mol. The molecule has 0 bridgehead atoms. The zero-order valence-corrected chi connectivity index (χ0v) is 24.0. The first kappa shape index (κ1) is 29.1. The highest BCUT2D eigenvalue weighted by molar-refractivity contribution is 5.69. The Labute approximate surface area is 237 Å². The molecule has 6 heteroatoms. The van der Waals surface area contributed by atoms with E-state index in [1.54, 1.807) is 13.0 Å². The van der Waals surface area contributed by atoms with Gasteiger partial charge in [-0.15, -0.1) is 0 Å². The standard InChI is InChI=1S/C34H40FN3O2/c1-5-40-33(39)20-17-28-16-19-29(21-31(28)35)36-23-26-11-13-27(14-12-26)24-38-32(34(2,3)4)22-30(37-38)18-15-25-9-7-6-8-10-25/h6-14,16,19,21-22,36H,5,15,17-18,20,23-24H2,1-4H3. The highest BCUT2D eigenvalue weighted by atomic mass is 19.1. The van der Waals surface area contributed by atoms with Crippen molar-refractivity contribution in [2.75, 3.05) is 11.9 Å². The number of carbonyl (C=O) groups is 1. The van der Waals surface area contributed by atoms with Gasteiger partial charge < -0.3 is 10.1 Å². The van der Waals surface area contributed by atoms with Crippen molar-refractivity contribution in [1.82, 2.24) is 9.78 Å². The minimum atomic E-state index is -0.318. The first-order valence-corrected chi connectivity index (χ1v) is 14.1. The number of aromatic nitrogens is 2. The molecule has 1 aromatic heterocycles. The molecule has 210 valence electrons. The number of hydrogen-bond donors (Lipinski definition) is 1. The van der Waals surface area contributed by atoms with Crippen LogP contribution in [0, 0.1) is 5.82 Å². The fourth-order valence-corrected chi connectivity index (χ4v) is 4.70. The van der Waals surface area contributed by atoms with Gasteiger partial charge in [-0.1, -0.05) is 81.4 Å². The van der Waals surface area contributed by atoms with Crippen LogP contribution in [0.2, 0.25) is 0 Å². The molecular formula is C34H40FN3O2. The molecule has 0 saturated carbocycles. The van der Waals surface area contributed by atoms with Gasteiger partial charge in [0.15, 0.2) is 0 Å². The van der Waals surface area contributed by atoms with Crippen molar-refractivity contribution >= 4 is 11.7 Å². The van der Waals surface area contributed by atoms with Gasteiger partial charge in [-0.2, -0.15) is 5.10 Å². The molecule has 0 saturated heterocycles. The van der Waals surface area contributed by atoms with Crippen molar-refractivity contribution in [3.63, 3.8) is 0 Å². The van der Waals surface area contributed by atoms with E-state index in [9.17, 15) is 9.18 Å². The summed E-state index contributed by atoms with van der Waals surface area (Å²) in [4.78, 5) is 11.6. The summed E-state index contributed by atoms with van der Waals surface area (Å²) in [5.74, 6) is -0.625. The van der Waals surface area contributed by atoms with Crippen LogP contribution in [-0.4, -0.2) is 22.4 Å². The Balaban J connectivity index is 1.35. The second-order valence-corrected chi connectivity index (χ2v) is 11.2. The Morgan fingerprint density at radius 1 is 0.900 bits per heavy atom. The molecule has 0 aliphatic rings. The maximum atomic E-state index is 14.5. The maximum absolute atomic E-state index is 14.5. The lowest BCUT2D eigenvalue weighted by atomic mass is 9.91. The molecule has 0 fully saturated rings. The fraction of sp³-hybridized carbons (Fsp3) is 0.353. The average Bonchev–Trinajstić information content (AvgIpc) is 3.35. The largest absolute Gasteiger partial charge is 0.466 e. The van der Waals surface area contributed by atoms with Gasteiger partial charge in [0.25, 0.3) is 0 Å². The van der Waals surface area contributed by atoms with E-state index >= 15 is 0 Å². The Kier molecular flexibility index (Phi) is 9.75. The topological polar surface area (TPSA) is 56.1 Å². The molecule has 0 unspecified atom stereocenters. The summed E-state index contributed by atoms with van der Waals surface area (Å²) in [6.07, 6.45) is 2.39. The van der Waals surface area contributed by atoms with E-state index in [-0.39, 0.29) is 23.6 Å². The van der Waals surface area contributed by atoms with Crippen LogP contribution in [-0.2, 0) is 47.3 Å². The molecule has 0 amide bonds. The van der Waals surface area contributed by atoms with Crippen LogP contribution in [0.25, 0.3) is 0 Å². The van der Waals surface area contributed by atoms with Crippen molar-refractivity contribution in [2.24, 2.45) is 0 Å². The number of carbonyl (C=O) groups excluding carboxylic acids is 1. The van der Waals surface area contributed by atoms with Gasteiger partial charge in [-0.25, -0.2) is 4.39 Å². The van der Waals surface area contributed by atoms with E-state index in [1.807, 2.05) is 12.1 Å². The van der Waals surface area contributed by atoms with Crippen molar-refractivity contribution in [2.45, 2.75) is 71.9 Å². The number of esters is 1. The summed E-state index contributed by atoms with van der Waals surface area (Å²) in [5, 5.41) is 8.27. The number of benzene rings is 3. The van der Waals surface area contributed by atoms with Gasteiger partial charge in [-0.3, -0.25) is 9.48 Å². The molecule has 0 atom stereocenters. The number of aryl methyl sites for hydroxylation is 3. The second-order valence-electron chi connectivity index (χ2n) is 11.2. The molecule has 5 nitrogen and oxygen atoms in total. The predicted molar refractivity (Wildman–Crippen MR) is 159 cm³/mol. The van der Waals surface area contributed by atoms with E-state index in [4.69, 9.17) is 9.84 Å². The van der Waals surface area contributed by atoms with Crippen LogP contribution in [0.15, 0.2) is 78.9 Å². The van der Waals surface area contributed by atoms with E-state index in [2.05, 4.69) is 85.4 Å². The highest BCUT2D eigenvalue weighted by Gasteiger charge is 2.21. The third-order valence-corrected chi connectivity index (χ3v) is 6.92. The smallest absolute Gasteiger partial charge is 0.306 e. The Bertz CT molecular complexity index is 1390. The summed E-state index contributed by atoms with van der Waals surface area (Å²) in [7, 11) is 0. The van der Waals surface area contributed by atoms with Crippen LogP contribution < -0.4 is 5.32 Å². The lowest BCUT2D eigenvalue weighted by Crippen LogP contribution is -2.19. The summed E-state index contributed by atoms with van der Waals surface area (Å²) in [6, 6.07) is 26.3. The van der Waals surface area contributed by atoms with Crippen LogP contribution >= 0.6 is 0 Å². The summed E-state index contributed by atoms with van der Waals surface area (Å²) >= 11 is 0. The first-order chi connectivity index (χ1) is 19.2. The lowest BCUT2D eigenvalue weighted by molar-refractivity contribution is -0.143. The van der Waals surface area contributed by atoms with Gasteiger partial charge in [-0.05, 0) is 66.6 Å². The molecule has 4 aromatic rings. The Hall–Kier alpha value is -3.93. The van der Waals surface area contributed by atoms with E-state index in [1.165, 1.54) is 22.9 Å². The van der Waals surface area contributed by atoms with Gasteiger partial charge in [0.05, 0.1) is 18.8 Å². The molecule has 4 rings (SSSR count). The van der Waals surface area contributed by atoms with Crippen LogP contribution in [0.5, 0.6) is 0 Å². The van der Waals surface area contributed by atoms with Gasteiger partial charge in [0.2, 0.25) is 0 Å². The molecule has 40 heavy (non-hydrogen) atoms. The zero-order chi connectivity index (χ0) is 28.5. The number of halogens is 1. The molecule has 0 spiro atoms. The highest BCUT2D eigenvalue weighted by Crippen LogP contribution is 2.25. The SMILES string of the molecule is CCOC(=O)CCc1ccc(NCc2ccc(Cn3nc(CCc4ccccc4)cc3C(C)(C)C)cc2)cc1F. The second kappa shape index (κ2) is 13.4. The number of anilines is 1. The molecule has 3 aromatic carbocycles.